The van der Waals surface area contributed by atoms with Gasteiger partial charge in [0.05, 0.1) is 0 Å². The molecule has 0 aromatic carbocycles. The van der Waals surface area contributed by atoms with E-state index in [-0.39, 0.29) is 0 Å². The van der Waals surface area contributed by atoms with E-state index in [1.54, 1.807) is 0 Å². The Morgan fingerprint density at radius 3 is 2.22 bits per heavy atom. The number of hydrogen-bond acceptors (Lipinski definition) is 2. The normalized spacial score (nSPS) is 36.5. The Balaban J connectivity index is 1.40. The first-order valence-electron chi connectivity index (χ1n) is 8.31. The van der Waals surface area contributed by atoms with E-state index in [0.717, 1.165) is 24.0 Å². The van der Waals surface area contributed by atoms with Crippen LogP contribution in [0.2, 0.25) is 0 Å². The SMILES string of the molecule is CC1CCCC(NC2CCN(C3CC3)CC2)CC1. The molecule has 0 spiro atoms. The third kappa shape index (κ3) is 3.48. The molecule has 3 aliphatic rings. The van der Waals surface area contributed by atoms with E-state index in [1.807, 2.05) is 0 Å². The molecule has 0 aromatic heterocycles. The summed E-state index contributed by atoms with van der Waals surface area (Å²) in [7, 11) is 0. The van der Waals surface area contributed by atoms with E-state index in [0.29, 0.717) is 0 Å². The summed E-state index contributed by atoms with van der Waals surface area (Å²) in [5.74, 6) is 0.966. The molecule has 2 heteroatoms. The molecule has 0 radical (unpaired) electrons. The molecule has 1 N–H and O–H groups in total. The Hall–Kier alpha value is -0.0800. The topological polar surface area (TPSA) is 15.3 Å². The molecule has 0 aromatic rings. The van der Waals surface area contributed by atoms with Crippen LogP contribution < -0.4 is 5.32 Å². The molecule has 2 aliphatic carbocycles. The second-order valence-electron chi connectivity index (χ2n) is 7.02. The average molecular weight is 250 g/mol. The monoisotopic (exact) mass is 250 g/mol. The van der Waals surface area contributed by atoms with Crippen LogP contribution in [0, 0.1) is 5.92 Å². The van der Waals surface area contributed by atoms with Crippen molar-refractivity contribution in [3.05, 3.63) is 0 Å². The van der Waals surface area contributed by atoms with Gasteiger partial charge >= 0.3 is 0 Å². The number of likely N-dealkylation sites (tertiary alicyclic amines) is 1. The molecule has 1 heterocycles. The van der Waals surface area contributed by atoms with Gasteiger partial charge in [-0.25, -0.2) is 0 Å². The first-order valence-corrected chi connectivity index (χ1v) is 8.31. The fourth-order valence-electron chi connectivity index (χ4n) is 3.86. The molecule has 2 atom stereocenters. The Labute approximate surface area is 113 Å². The van der Waals surface area contributed by atoms with Gasteiger partial charge in [0.2, 0.25) is 0 Å². The van der Waals surface area contributed by atoms with Gasteiger partial charge in [-0.1, -0.05) is 19.8 Å². The Morgan fingerprint density at radius 1 is 0.778 bits per heavy atom. The zero-order chi connectivity index (χ0) is 12.4. The van der Waals surface area contributed by atoms with E-state index in [2.05, 4.69) is 17.1 Å². The van der Waals surface area contributed by atoms with Crippen molar-refractivity contribution in [3.8, 4) is 0 Å². The van der Waals surface area contributed by atoms with E-state index < -0.39 is 0 Å². The second kappa shape index (κ2) is 5.92. The molecule has 0 bridgehead atoms. The summed E-state index contributed by atoms with van der Waals surface area (Å²) >= 11 is 0. The molecule has 1 saturated heterocycles. The first-order chi connectivity index (χ1) is 8.81. The summed E-state index contributed by atoms with van der Waals surface area (Å²) in [5.41, 5.74) is 0. The lowest BCUT2D eigenvalue weighted by Crippen LogP contribution is -2.46. The number of nitrogens with zero attached hydrogens (tertiary/aromatic N) is 1. The molecule has 1 aliphatic heterocycles. The minimum Gasteiger partial charge on any atom is -0.311 e. The van der Waals surface area contributed by atoms with Gasteiger partial charge < -0.3 is 10.2 Å². The van der Waals surface area contributed by atoms with Crippen LogP contribution in [0.15, 0.2) is 0 Å². The van der Waals surface area contributed by atoms with Gasteiger partial charge in [0.1, 0.15) is 0 Å². The zero-order valence-electron chi connectivity index (χ0n) is 12.0. The fraction of sp³-hybridized carbons (Fsp3) is 1.00. The zero-order valence-corrected chi connectivity index (χ0v) is 12.0. The summed E-state index contributed by atoms with van der Waals surface area (Å²) in [6, 6.07) is 2.62. The van der Waals surface area contributed by atoms with Crippen molar-refractivity contribution in [1.82, 2.24) is 10.2 Å². The number of nitrogens with one attached hydrogen (secondary N) is 1. The van der Waals surface area contributed by atoms with Gasteiger partial charge in [-0.3, -0.25) is 0 Å². The Kier molecular flexibility index (Phi) is 4.25. The number of hydrogen-bond donors (Lipinski definition) is 1. The minimum atomic E-state index is 0.818. The highest BCUT2D eigenvalue weighted by atomic mass is 15.2. The molecule has 18 heavy (non-hydrogen) atoms. The molecule has 104 valence electrons. The predicted molar refractivity (Wildman–Crippen MR) is 76.8 cm³/mol. The highest BCUT2D eigenvalue weighted by Gasteiger charge is 2.32. The lowest BCUT2D eigenvalue weighted by Gasteiger charge is -2.34. The summed E-state index contributed by atoms with van der Waals surface area (Å²) in [5, 5.41) is 3.97. The van der Waals surface area contributed by atoms with Crippen molar-refractivity contribution in [1.29, 1.82) is 0 Å². The number of rotatable bonds is 3. The maximum atomic E-state index is 3.97. The fourth-order valence-corrected chi connectivity index (χ4v) is 3.86. The van der Waals surface area contributed by atoms with Crippen molar-refractivity contribution in [2.75, 3.05) is 13.1 Å². The van der Waals surface area contributed by atoms with Crippen LogP contribution in [-0.2, 0) is 0 Å². The summed E-state index contributed by atoms with van der Waals surface area (Å²) in [4.78, 5) is 2.73. The third-order valence-corrected chi connectivity index (χ3v) is 5.32. The molecular weight excluding hydrogens is 220 g/mol. The van der Waals surface area contributed by atoms with E-state index in [9.17, 15) is 0 Å². The van der Waals surface area contributed by atoms with E-state index >= 15 is 0 Å². The lowest BCUT2D eigenvalue weighted by molar-refractivity contribution is 0.180. The van der Waals surface area contributed by atoms with Crippen molar-refractivity contribution in [2.24, 2.45) is 5.92 Å². The predicted octanol–water partition coefficient (Wildman–Crippen LogP) is 3.17. The quantitative estimate of drug-likeness (QED) is 0.774. The van der Waals surface area contributed by atoms with Gasteiger partial charge in [0.25, 0.3) is 0 Å². The highest BCUT2D eigenvalue weighted by molar-refractivity contribution is 4.89. The van der Waals surface area contributed by atoms with Crippen LogP contribution in [0.3, 0.4) is 0 Å². The summed E-state index contributed by atoms with van der Waals surface area (Å²) in [6.45, 7) is 5.13. The maximum absolute atomic E-state index is 3.97. The van der Waals surface area contributed by atoms with Crippen LogP contribution in [0.4, 0.5) is 0 Å². The Morgan fingerprint density at radius 2 is 1.50 bits per heavy atom. The van der Waals surface area contributed by atoms with Gasteiger partial charge in [-0.2, -0.15) is 0 Å². The molecule has 2 unspecified atom stereocenters. The van der Waals surface area contributed by atoms with Gasteiger partial charge in [0.15, 0.2) is 0 Å². The van der Waals surface area contributed by atoms with E-state index in [1.165, 1.54) is 70.9 Å². The summed E-state index contributed by atoms with van der Waals surface area (Å²) < 4.78 is 0. The molecular formula is C16H30N2. The molecule has 0 amide bonds. The van der Waals surface area contributed by atoms with Crippen LogP contribution >= 0.6 is 0 Å². The Bertz CT molecular complexity index is 254. The first kappa shape index (κ1) is 12.9. The summed E-state index contributed by atoms with van der Waals surface area (Å²) in [6.07, 6.45) is 12.9. The van der Waals surface area contributed by atoms with Gasteiger partial charge in [0, 0.05) is 18.1 Å². The van der Waals surface area contributed by atoms with Crippen LogP contribution in [0.5, 0.6) is 0 Å². The molecule has 3 fully saturated rings. The highest BCUT2D eigenvalue weighted by Crippen LogP contribution is 2.30. The second-order valence-corrected chi connectivity index (χ2v) is 7.02. The average Bonchev–Trinajstić information content (AvgIpc) is 3.20. The van der Waals surface area contributed by atoms with Crippen molar-refractivity contribution >= 4 is 0 Å². The van der Waals surface area contributed by atoms with Gasteiger partial charge in [-0.05, 0) is 64.0 Å². The third-order valence-electron chi connectivity index (χ3n) is 5.32. The largest absolute Gasteiger partial charge is 0.311 e. The molecule has 3 rings (SSSR count). The van der Waals surface area contributed by atoms with Crippen LogP contribution in [0.1, 0.15) is 64.7 Å². The number of piperidine rings is 1. The minimum absolute atomic E-state index is 0.818. The lowest BCUT2D eigenvalue weighted by atomic mass is 10.0. The van der Waals surface area contributed by atoms with Crippen LogP contribution in [-0.4, -0.2) is 36.1 Å². The smallest absolute Gasteiger partial charge is 0.00964 e. The van der Waals surface area contributed by atoms with Crippen molar-refractivity contribution < 1.29 is 0 Å². The molecule has 2 saturated carbocycles. The standard InChI is InChI=1S/C16H30N2/c1-13-3-2-4-14(6-5-13)17-15-9-11-18(12-10-15)16-7-8-16/h13-17H,2-12H2,1H3. The van der Waals surface area contributed by atoms with Crippen molar-refractivity contribution in [3.63, 3.8) is 0 Å². The maximum Gasteiger partial charge on any atom is 0.00964 e. The van der Waals surface area contributed by atoms with Gasteiger partial charge in [-0.15, -0.1) is 0 Å². The van der Waals surface area contributed by atoms with E-state index in [4.69, 9.17) is 0 Å². The van der Waals surface area contributed by atoms with Crippen molar-refractivity contribution in [2.45, 2.75) is 82.8 Å². The molecule has 2 nitrogen and oxygen atoms in total. The van der Waals surface area contributed by atoms with Crippen LogP contribution in [0.25, 0.3) is 0 Å².